The molecule has 0 aliphatic rings. The Morgan fingerprint density at radius 3 is 3.00 bits per heavy atom. The van der Waals surface area contributed by atoms with Gasteiger partial charge in [-0.3, -0.25) is 0 Å². The molecule has 1 heterocycles. The number of aromatic hydroxyl groups is 1. The van der Waals surface area contributed by atoms with Gasteiger partial charge in [-0.1, -0.05) is 22.9 Å². The molecule has 1 aromatic carbocycles. The minimum atomic E-state index is 0.131. The van der Waals surface area contributed by atoms with E-state index in [-0.39, 0.29) is 6.04 Å². The Bertz CT molecular complexity index is 502. The van der Waals surface area contributed by atoms with Crippen LogP contribution in [0.3, 0.4) is 0 Å². The Kier molecular flexibility index (Phi) is 4.74. The fourth-order valence-electron chi connectivity index (χ4n) is 1.83. The van der Waals surface area contributed by atoms with Gasteiger partial charge in [0, 0.05) is 34.2 Å². The monoisotopic (exact) mass is 326 g/mol. The van der Waals surface area contributed by atoms with E-state index >= 15 is 0 Å². The maximum absolute atomic E-state index is 9.92. The molecular weight excluding hydrogens is 312 g/mol. The number of phenolic OH excluding ortho intramolecular Hbond substituents is 1. The number of benzene rings is 1. The van der Waals surface area contributed by atoms with E-state index in [9.17, 15) is 5.11 Å². The Morgan fingerprint density at radius 2 is 2.33 bits per heavy atom. The Balaban J connectivity index is 2.10. The molecule has 0 spiro atoms. The zero-order valence-corrected chi connectivity index (χ0v) is 12.5. The molecule has 2 rings (SSSR count). The number of hydrogen-bond donors (Lipinski definition) is 2. The van der Waals surface area contributed by atoms with E-state index in [0.29, 0.717) is 5.75 Å². The second kappa shape index (κ2) is 6.31. The fourth-order valence-corrected chi connectivity index (χ4v) is 2.78. The average Bonchev–Trinajstić information content (AvgIpc) is 2.87. The molecule has 0 amide bonds. The predicted molar refractivity (Wildman–Crippen MR) is 77.8 cm³/mol. The van der Waals surface area contributed by atoms with Crippen LogP contribution in [0.15, 0.2) is 34.2 Å². The number of aromatic nitrogens is 1. The van der Waals surface area contributed by atoms with Crippen molar-refractivity contribution in [3.8, 4) is 5.75 Å². The lowest BCUT2D eigenvalue weighted by molar-refractivity contribution is 0.440. The summed E-state index contributed by atoms with van der Waals surface area (Å²) in [5.41, 5.74) is 0.920. The normalized spacial score (nSPS) is 12.6. The summed E-state index contributed by atoms with van der Waals surface area (Å²) in [6.07, 6.45) is 2.72. The van der Waals surface area contributed by atoms with Crippen molar-refractivity contribution in [2.45, 2.75) is 25.9 Å². The first kappa shape index (κ1) is 13.5. The van der Waals surface area contributed by atoms with E-state index in [1.54, 1.807) is 23.6 Å². The summed E-state index contributed by atoms with van der Waals surface area (Å²) >= 11 is 5.07. The second-order valence-corrected chi connectivity index (χ2v) is 5.87. The number of nitrogens with zero attached hydrogens (tertiary/aromatic N) is 1. The van der Waals surface area contributed by atoms with Crippen molar-refractivity contribution in [1.29, 1.82) is 0 Å². The minimum absolute atomic E-state index is 0.131. The Hall–Kier alpha value is -0.910. The van der Waals surface area contributed by atoms with Crippen molar-refractivity contribution in [3.05, 3.63) is 44.8 Å². The number of thiazole rings is 1. The molecule has 0 saturated carbocycles. The lowest BCUT2D eigenvalue weighted by atomic mass is 10.0. The Morgan fingerprint density at radius 1 is 1.50 bits per heavy atom. The van der Waals surface area contributed by atoms with Crippen LogP contribution >= 0.6 is 27.3 Å². The quantitative estimate of drug-likeness (QED) is 0.877. The maximum atomic E-state index is 9.92. The molecule has 0 saturated heterocycles. The summed E-state index contributed by atoms with van der Waals surface area (Å²) in [4.78, 5) is 4.24. The van der Waals surface area contributed by atoms with Crippen LogP contribution in [0.5, 0.6) is 5.75 Å². The average molecular weight is 327 g/mol. The summed E-state index contributed by atoms with van der Waals surface area (Å²) in [5, 5.41) is 16.4. The molecular formula is C13H15BrN2OS. The number of rotatable bonds is 5. The van der Waals surface area contributed by atoms with Gasteiger partial charge in [0.05, 0.1) is 0 Å². The molecule has 5 heteroatoms. The zero-order valence-electron chi connectivity index (χ0n) is 10.1. The molecule has 0 radical (unpaired) electrons. The third-order valence-corrected chi connectivity index (χ3v) is 4.03. The van der Waals surface area contributed by atoms with Gasteiger partial charge >= 0.3 is 0 Å². The van der Waals surface area contributed by atoms with Crippen LogP contribution in [-0.2, 0) is 6.54 Å². The molecule has 0 aliphatic heterocycles. The van der Waals surface area contributed by atoms with Crippen LogP contribution < -0.4 is 5.32 Å². The molecule has 1 unspecified atom stereocenters. The SMILES string of the molecule is CCC(NCc1nccs1)c1cc(Br)ccc1O. The van der Waals surface area contributed by atoms with Gasteiger partial charge in [0.2, 0.25) is 0 Å². The molecule has 0 bridgehead atoms. The van der Waals surface area contributed by atoms with Gasteiger partial charge in [0.15, 0.2) is 0 Å². The minimum Gasteiger partial charge on any atom is -0.508 e. The van der Waals surface area contributed by atoms with Gasteiger partial charge in [-0.25, -0.2) is 4.98 Å². The third kappa shape index (κ3) is 3.31. The highest BCUT2D eigenvalue weighted by molar-refractivity contribution is 9.10. The summed E-state index contributed by atoms with van der Waals surface area (Å²) < 4.78 is 0.977. The Labute approximate surface area is 119 Å². The van der Waals surface area contributed by atoms with Crippen molar-refractivity contribution in [2.24, 2.45) is 0 Å². The molecule has 3 nitrogen and oxygen atoms in total. The van der Waals surface area contributed by atoms with Crippen molar-refractivity contribution in [2.75, 3.05) is 0 Å². The van der Waals surface area contributed by atoms with Crippen LogP contribution in [-0.4, -0.2) is 10.1 Å². The molecule has 2 aromatic rings. The zero-order chi connectivity index (χ0) is 13.0. The van der Waals surface area contributed by atoms with E-state index in [1.807, 2.05) is 17.5 Å². The summed E-state index contributed by atoms with van der Waals surface area (Å²) in [7, 11) is 0. The fraction of sp³-hybridized carbons (Fsp3) is 0.308. The summed E-state index contributed by atoms with van der Waals surface area (Å²) in [6, 6.07) is 5.64. The van der Waals surface area contributed by atoms with E-state index < -0.39 is 0 Å². The van der Waals surface area contributed by atoms with Gasteiger partial charge in [-0.2, -0.15) is 0 Å². The first-order valence-corrected chi connectivity index (χ1v) is 7.48. The lowest BCUT2D eigenvalue weighted by Crippen LogP contribution is -2.20. The number of phenols is 1. The topological polar surface area (TPSA) is 45.2 Å². The predicted octanol–water partition coefficient (Wildman–Crippen LogP) is 3.85. The molecule has 96 valence electrons. The van der Waals surface area contributed by atoms with Gasteiger partial charge in [-0.05, 0) is 24.6 Å². The number of nitrogens with one attached hydrogen (secondary N) is 1. The number of hydrogen-bond acceptors (Lipinski definition) is 4. The van der Waals surface area contributed by atoms with E-state index in [1.165, 1.54) is 0 Å². The third-order valence-electron chi connectivity index (χ3n) is 2.76. The lowest BCUT2D eigenvalue weighted by Gasteiger charge is -2.18. The van der Waals surface area contributed by atoms with Crippen LogP contribution in [0.25, 0.3) is 0 Å². The second-order valence-electron chi connectivity index (χ2n) is 3.97. The molecule has 1 aromatic heterocycles. The van der Waals surface area contributed by atoms with Gasteiger partial charge in [-0.15, -0.1) is 11.3 Å². The smallest absolute Gasteiger partial charge is 0.120 e. The molecule has 0 fully saturated rings. The van der Waals surface area contributed by atoms with Crippen LogP contribution in [0, 0.1) is 0 Å². The van der Waals surface area contributed by atoms with Crippen LogP contribution in [0.1, 0.15) is 30.0 Å². The van der Waals surface area contributed by atoms with Gasteiger partial charge in [0.25, 0.3) is 0 Å². The van der Waals surface area contributed by atoms with Crippen molar-refractivity contribution in [3.63, 3.8) is 0 Å². The van der Waals surface area contributed by atoms with Crippen molar-refractivity contribution < 1.29 is 5.11 Å². The van der Waals surface area contributed by atoms with Crippen molar-refractivity contribution >= 4 is 27.3 Å². The van der Waals surface area contributed by atoms with Gasteiger partial charge < -0.3 is 10.4 Å². The molecule has 18 heavy (non-hydrogen) atoms. The van der Waals surface area contributed by atoms with E-state index in [2.05, 4.69) is 33.2 Å². The van der Waals surface area contributed by atoms with Crippen LogP contribution in [0.2, 0.25) is 0 Å². The first-order chi connectivity index (χ1) is 8.70. The van der Waals surface area contributed by atoms with Gasteiger partial charge in [0.1, 0.15) is 10.8 Å². The largest absolute Gasteiger partial charge is 0.508 e. The van der Waals surface area contributed by atoms with Crippen LogP contribution in [0.4, 0.5) is 0 Å². The molecule has 2 N–H and O–H groups in total. The summed E-state index contributed by atoms with van der Waals surface area (Å²) in [5.74, 6) is 0.330. The first-order valence-electron chi connectivity index (χ1n) is 5.81. The van der Waals surface area contributed by atoms with E-state index in [4.69, 9.17) is 0 Å². The molecule has 1 atom stereocenters. The standard InChI is InChI=1S/C13H15BrN2OS/c1-2-11(16-8-13-15-5-6-18-13)10-7-9(14)3-4-12(10)17/h3-7,11,16-17H,2,8H2,1H3. The highest BCUT2D eigenvalue weighted by Crippen LogP contribution is 2.29. The van der Waals surface area contributed by atoms with Crippen molar-refractivity contribution in [1.82, 2.24) is 10.3 Å². The maximum Gasteiger partial charge on any atom is 0.120 e. The highest BCUT2D eigenvalue weighted by atomic mass is 79.9. The summed E-state index contributed by atoms with van der Waals surface area (Å²) in [6.45, 7) is 2.82. The highest BCUT2D eigenvalue weighted by Gasteiger charge is 2.13. The van der Waals surface area contributed by atoms with E-state index in [0.717, 1.165) is 28.0 Å². The molecule has 0 aliphatic carbocycles. The number of halogens is 1.